The Labute approximate surface area is 418 Å². The molecule has 0 spiro atoms. The molecule has 0 aromatic carbocycles. The molecule has 398 valence electrons. The van der Waals surface area contributed by atoms with Gasteiger partial charge < -0.3 is 40.4 Å². The predicted octanol–water partition coefficient (Wildman–Crippen LogP) is 8.74. The van der Waals surface area contributed by atoms with Gasteiger partial charge in [-0.15, -0.1) is 0 Å². The molecule has 5 fully saturated rings. The van der Waals surface area contributed by atoms with Crippen molar-refractivity contribution >= 4 is 29.5 Å². The second kappa shape index (κ2) is 35.4. The van der Waals surface area contributed by atoms with Gasteiger partial charge in [0, 0.05) is 134 Å². The van der Waals surface area contributed by atoms with Crippen molar-refractivity contribution in [2.75, 3.05) is 65.4 Å². The minimum absolute atomic E-state index is 0.275. The van der Waals surface area contributed by atoms with Crippen LogP contribution in [-0.2, 0) is 24.0 Å². The third-order valence-corrected chi connectivity index (χ3v) is 13.4. The third-order valence-electron chi connectivity index (χ3n) is 13.4. The van der Waals surface area contributed by atoms with Gasteiger partial charge in [-0.05, 0) is 81.5 Å². The van der Waals surface area contributed by atoms with E-state index in [1.54, 1.807) is 0 Å². The molecule has 3 atom stereocenters. The topological polar surface area (TPSA) is 138 Å². The first-order valence-corrected chi connectivity index (χ1v) is 27.8. The average molecular weight is 962 g/mol. The van der Waals surface area contributed by atoms with Crippen LogP contribution in [0.15, 0.2) is 0 Å². The summed E-state index contributed by atoms with van der Waals surface area (Å²) in [5.41, 5.74) is 0. The number of nitrogens with zero attached hydrogens (tertiary/aromatic N) is 5. The van der Waals surface area contributed by atoms with E-state index in [2.05, 4.69) is 95.0 Å². The van der Waals surface area contributed by atoms with Crippen molar-refractivity contribution in [1.82, 2.24) is 40.4 Å². The Morgan fingerprint density at radius 3 is 1.12 bits per heavy atom. The number of carbonyl (C=O) groups is 5. The molecule has 13 nitrogen and oxygen atoms in total. The van der Waals surface area contributed by atoms with Gasteiger partial charge in [0.15, 0.2) is 0 Å². The molecule has 3 N–H and O–H groups in total. The van der Waals surface area contributed by atoms with Crippen LogP contribution in [0, 0.1) is 23.7 Å². The third kappa shape index (κ3) is 27.0. The lowest BCUT2D eigenvalue weighted by molar-refractivity contribution is -0.136. The summed E-state index contributed by atoms with van der Waals surface area (Å²) in [5.74, 6) is 4.53. The maximum Gasteiger partial charge on any atom is 0.222 e. The number of hydrogen-bond donors (Lipinski definition) is 3. The minimum atomic E-state index is 0.275. The Morgan fingerprint density at radius 1 is 0.368 bits per heavy atom. The fraction of sp³-hybridized carbons (Fsp3) is 0.909. The van der Waals surface area contributed by atoms with Crippen LogP contribution in [0.2, 0.25) is 0 Å². The van der Waals surface area contributed by atoms with E-state index in [0.717, 1.165) is 108 Å². The summed E-state index contributed by atoms with van der Waals surface area (Å²) in [4.78, 5) is 67.1. The molecule has 5 heterocycles. The molecular formula is C55H108N8O5. The van der Waals surface area contributed by atoms with Crippen molar-refractivity contribution in [3.05, 3.63) is 0 Å². The molecule has 3 unspecified atom stereocenters. The van der Waals surface area contributed by atoms with Crippen LogP contribution in [0.5, 0.6) is 0 Å². The first kappa shape index (κ1) is 63.2. The highest BCUT2D eigenvalue weighted by molar-refractivity contribution is 5.77. The molecule has 5 rings (SSSR count). The van der Waals surface area contributed by atoms with Crippen molar-refractivity contribution in [2.45, 2.75) is 236 Å². The van der Waals surface area contributed by atoms with E-state index in [0.29, 0.717) is 86.1 Å². The summed E-state index contributed by atoms with van der Waals surface area (Å²) in [5, 5.41) is 10.4. The Balaban J connectivity index is 0.000000426. The summed E-state index contributed by atoms with van der Waals surface area (Å²) in [6.45, 7) is 41.1. The maximum absolute atomic E-state index is 11.7. The fourth-order valence-corrected chi connectivity index (χ4v) is 10.2. The SMILES string of the molecule is CCC(=O)N1CC(NC(C)C)C1.CCC(=O)N1CCC(NC(C)C)C1.CCC(=O)N1CCC(NC(C)C)CC1.CCC(=O)N1CCCC(CC(C)C)C1.CCC(=O)N1CCCCC(CC(C)C)C1. The number of carbonyl (C=O) groups excluding carboxylic acids is 5. The highest BCUT2D eigenvalue weighted by atomic mass is 16.2. The Bertz CT molecular complexity index is 1390. The summed E-state index contributed by atoms with van der Waals surface area (Å²) in [6, 6.07) is 3.23. The minimum Gasteiger partial charge on any atom is -0.343 e. The molecule has 0 aromatic rings. The first-order chi connectivity index (χ1) is 32.2. The highest BCUT2D eigenvalue weighted by Gasteiger charge is 2.30. The van der Waals surface area contributed by atoms with Crippen LogP contribution >= 0.6 is 0 Å². The van der Waals surface area contributed by atoms with Gasteiger partial charge in [-0.2, -0.15) is 0 Å². The number of amides is 5. The van der Waals surface area contributed by atoms with Gasteiger partial charge in [-0.1, -0.05) is 110 Å². The molecule has 5 saturated heterocycles. The van der Waals surface area contributed by atoms with Gasteiger partial charge in [0.1, 0.15) is 0 Å². The summed E-state index contributed by atoms with van der Waals surface area (Å²) in [6.07, 6.45) is 15.4. The molecular weight excluding hydrogens is 853 g/mol. The zero-order valence-electron chi connectivity index (χ0n) is 46.7. The summed E-state index contributed by atoms with van der Waals surface area (Å²) in [7, 11) is 0. The number of nitrogens with one attached hydrogen (secondary N) is 3. The van der Waals surface area contributed by atoms with Crippen molar-refractivity contribution in [1.29, 1.82) is 0 Å². The lowest BCUT2D eigenvalue weighted by Crippen LogP contribution is -2.60. The largest absolute Gasteiger partial charge is 0.343 e. The van der Waals surface area contributed by atoms with E-state index < -0.39 is 0 Å². The van der Waals surface area contributed by atoms with E-state index >= 15 is 0 Å². The molecule has 5 aliphatic heterocycles. The second-order valence-corrected chi connectivity index (χ2v) is 22.0. The number of piperidine rings is 2. The molecule has 13 heteroatoms. The fourth-order valence-electron chi connectivity index (χ4n) is 10.2. The summed E-state index contributed by atoms with van der Waals surface area (Å²) >= 11 is 0. The van der Waals surface area contributed by atoms with Gasteiger partial charge in [-0.3, -0.25) is 24.0 Å². The molecule has 0 radical (unpaired) electrons. The van der Waals surface area contributed by atoms with E-state index in [4.69, 9.17) is 0 Å². The normalized spacial score (nSPS) is 21.2. The molecule has 0 aliphatic carbocycles. The molecule has 5 aliphatic rings. The van der Waals surface area contributed by atoms with Crippen LogP contribution in [0.3, 0.4) is 0 Å². The lowest BCUT2D eigenvalue weighted by Gasteiger charge is -2.40. The predicted molar refractivity (Wildman–Crippen MR) is 283 cm³/mol. The summed E-state index contributed by atoms with van der Waals surface area (Å²) < 4.78 is 0. The maximum atomic E-state index is 11.7. The van der Waals surface area contributed by atoms with Gasteiger partial charge in [0.25, 0.3) is 0 Å². The van der Waals surface area contributed by atoms with Crippen LogP contribution in [-0.4, -0.2) is 156 Å². The van der Waals surface area contributed by atoms with Crippen molar-refractivity contribution in [3.8, 4) is 0 Å². The Kier molecular flexibility index (Phi) is 32.9. The first-order valence-electron chi connectivity index (χ1n) is 27.8. The van der Waals surface area contributed by atoms with E-state index in [9.17, 15) is 24.0 Å². The van der Waals surface area contributed by atoms with Gasteiger partial charge >= 0.3 is 0 Å². The molecule has 0 aromatic heterocycles. The van der Waals surface area contributed by atoms with Gasteiger partial charge in [0.2, 0.25) is 29.5 Å². The van der Waals surface area contributed by atoms with Crippen LogP contribution in [0.4, 0.5) is 0 Å². The highest BCUT2D eigenvalue weighted by Crippen LogP contribution is 2.24. The zero-order valence-corrected chi connectivity index (χ0v) is 46.7. The molecule has 0 bridgehead atoms. The van der Waals surface area contributed by atoms with Gasteiger partial charge in [0.05, 0.1) is 0 Å². The average Bonchev–Trinajstić information content (AvgIpc) is 3.62. The number of likely N-dealkylation sites (tertiary alicyclic amines) is 5. The van der Waals surface area contributed by atoms with E-state index in [1.165, 1.54) is 44.9 Å². The molecule has 5 amide bonds. The molecule has 0 saturated carbocycles. The second-order valence-electron chi connectivity index (χ2n) is 22.0. The van der Waals surface area contributed by atoms with Gasteiger partial charge in [-0.25, -0.2) is 0 Å². The number of rotatable bonds is 15. The lowest BCUT2D eigenvalue weighted by atomic mass is 9.89. The van der Waals surface area contributed by atoms with Crippen LogP contribution in [0.1, 0.15) is 200 Å². The Morgan fingerprint density at radius 2 is 0.691 bits per heavy atom. The van der Waals surface area contributed by atoms with Crippen molar-refractivity contribution in [3.63, 3.8) is 0 Å². The van der Waals surface area contributed by atoms with Crippen molar-refractivity contribution < 1.29 is 24.0 Å². The number of hydrogen-bond acceptors (Lipinski definition) is 8. The standard InChI is InChI=1S/C13H25NO.C12H23NO.C11H22N2O.C10H20N2O.C9H18N2O/c1-4-13(15)14-8-6-5-7-12(10-14)9-11(2)3;1-4-12(14)13-7-5-6-11(9-13)8-10(2)3;1-4-11(14)13-7-5-10(6-8-13)12-9(2)3;1-4-10(13)12-6-5-9(7-12)11-8(2)3;1-4-9(12)11-5-8(6-11)10-7(2)3/h11-12H,4-10H2,1-3H3;10-11H,4-9H2,1-3H3;9-10,12H,4-8H2,1-3H3;8-9,11H,4-7H2,1-3H3;7-8,10H,4-6H2,1-3H3. The van der Waals surface area contributed by atoms with Crippen molar-refractivity contribution in [2.24, 2.45) is 23.7 Å². The molecule has 68 heavy (non-hydrogen) atoms. The van der Waals surface area contributed by atoms with E-state index in [1.807, 2.05) is 49.3 Å². The smallest absolute Gasteiger partial charge is 0.222 e. The Hall–Kier alpha value is -2.77. The van der Waals surface area contributed by atoms with E-state index in [-0.39, 0.29) is 11.8 Å². The van der Waals surface area contributed by atoms with Crippen LogP contribution < -0.4 is 16.0 Å². The quantitative estimate of drug-likeness (QED) is 0.148. The monoisotopic (exact) mass is 961 g/mol. The van der Waals surface area contributed by atoms with Crippen LogP contribution in [0.25, 0.3) is 0 Å². The zero-order chi connectivity index (χ0) is 51.3.